The fraction of sp³-hybridized carbons (Fsp3) is 0.591. The fourth-order valence-corrected chi connectivity index (χ4v) is 4.80. The molecule has 0 saturated carbocycles. The van der Waals surface area contributed by atoms with E-state index in [0.29, 0.717) is 6.04 Å². The summed E-state index contributed by atoms with van der Waals surface area (Å²) < 4.78 is 11.3. The fourth-order valence-electron chi connectivity index (χ4n) is 3.94. The molecule has 0 aromatic carbocycles. The summed E-state index contributed by atoms with van der Waals surface area (Å²) in [6.07, 6.45) is 1.74. The molecule has 31 heavy (non-hydrogen) atoms. The van der Waals surface area contributed by atoms with Crippen molar-refractivity contribution in [2.24, 2.45) is 4.99 Å². The molecule has 0 spiro atoms. The topological polar surface area (TPSA) is 65.3 Å². The molecule has 174 valence electrons. The molecular formula is C22H36IN5O2S. The van der Waals surface area contributed by atoms with Gasteiger partial charge in [-0.15, -0.1) is 35.3 Å². The van der Waals surface area contributed by atoms with E-state index in [0.717, 1.165) is 64.2 Å². The lowest BCUT2D eigenvalue weighted by molar-refractivity contribution is 0.0177. The molecule has 2 aromatic rings. The predicted octanol–water partition coefficient (Wildman–Crippen LogP) is 3.58. The van der Waals surface area contributed by atoms with E-state index >= 15 is 0 Å². The minimum Gasteiger partial charge on any atom is -0.468 e. The molecule has 2 unspecified atom stereocenters. The number of halogens is 1. The third-order valence-electron chi connectivity index (χ3n) is 5.63. The minimum absolute atomic E-state index is 0. The van der Waals surface area contributed by atoms with Crippen LogP contribution in [0.2, 0.25) is 0 Å². The Kier molecular flexibility index (Phi) is 11.9. The van der Waals surface area contributed by atoms with Crippen LogP contribution in [-0.4, -0.2) is 75.3 Å². The number of hydrogen-bond donors (Lipinski definition) is 2. The molecule has 3 heterocycles. The summed E-state index contributed by atoms with van der Waals surface area (Å²) in [6.45, 7) is 11.3. The molecule has 2 aromatic heterocycles. The van der Waals surface area contributed by atoms with Gasteiger partial charge in [0.15, 0.2) is 5.96 Å². The van der Waals surface area contributed by atoms with Gasteiger partial charge in [-0.1, -0.05) is 19.9 Å². The third-order valence-corrected chi connectivity index (χ3v) is 6.61. The Bertz CT molecular complexity index is 731. The van der Waals surface area contributed by atoms with Crippen LogP contribution in [0.4, 0.5) is 0 Å². The Morgan fingerprint density at radius 2 is 1.90 bits per heavy atom. The molecule has 0 aliphatic carbocycles. The van der Waals surface area contributed by atoms with E-state index in [9.17, 15) is 0 Å². The van der Waals surface area contributed by atoms with Gasteiger partial charge in [-0.3, -0.25) is 14.8 Å². The van der Waals surface area contributed by atoms with Crippen LogP contribution in [0.3, 0.4) is 0 Å². The van der Waals surface area contributed by atoms with Crippen LogP contribution in [0.15, 0.2) is 45.3 Å². The zero-order valence-corrected chi connectivity index (χ0v) is 21.9. The second-order valence-corrected chi connectivity index (χ2v) is 8.25. The van der Waals surface area contributed by atoms with Gasteiger partial charge in [0.1, 0.15) is 5.76 Å². The average molecular weight is 562 g/mol. The molecule has 0 radical (unpaired) electrons. The first-order valence-electron chi connectivity index (χ1n) is 10.8. The Labute approximate surface area is 207 Å². The van der Waals surface area contributed by atoms with Gasteiger partial charge in [-0.25, -0.2) is 0 Å². The molecule has 7 nitrogen and oxygen atoms in total. The summed E-state index contributed by atoms with van der Waals surface area (Å²) in [6, 6.07) is 8.82. The van der Waals surface area contributed by atoms with E-state index in [1.54, 1.807) is 6.26 Å². The van der Waals surface area contributed by atoms with E-state index in [1.165, 1.54) is 4.88 Å². The van der Waals surface area contributed by atoms with E-state index < -0.39 is 0 Å². The molecule has 3 rings (SSSR count). The molecule has 0 bridgehead atoms. The maximum Gasteiger partial charge on any atom is 0.191 e. The van der Waals surface area contributed by atoms with Gasteiger partial charge in [0.25, 0.3) is 0 Å². The minimum atomic E-state index is 0. The van der Waals surface area contributed by atoms with E-state index in [2.05, 4.69) is 56.8 Å². The maximum atomic E-state index is 5.71. The molecular weight excluding hydrogens is 525 g/mol. The van der Waals surface area contributed by atoms with Crippen molar-refractivity contribution >= 4 is 41.3 Å². The lowest BCUT2D eigenvalue weighted by atomic mass is 10.2. The van der Waals surface area contributed by atoms with Crippen molar-refractivity contribution in [2.75, 3.05) is 59.5 Å². The number of guanidine groups is 1. The van der Waals surface area contributed by atoms with Gasteiger partial charge in [0.2, 0.25) is 0 Å². The standard InChI is InChI=1S/C22H35N5O2S.HI/c1-4-26(5-2)18(20-8-6-12-29-20)16-24-22(23-3)25-17-19(21-9-7-15-30-21)27-10-13-28-14-11-27;/h6-9,12,15,18-19H,4-5,10-11,13-14,16-17H2,1-3H3,(H2,23,24,25);1H. The molecule has 1 fully saturated rings. The smallest absolute Gasteiger partial charge is 0.191 e. The van der Waals surface area contributed by atoms with Gasteiger partial charge < -0.3 is 19.8 Å². The van der Waals surface area contributed by atoms with Gasteiger partial charge in [-0.2, -0.15) is 0 Å². The van der Waals surface area contributed by atoms with Crippen molar-refractivity contribution in [3.63, 3.8) is 0 Å². The molecule has 0 amide bonds. The SMILES string of the molecule is CCN(CC)C(CNC(=NC)NCC(c1cccs1)N1CCOCC1)c1ccco1.I. The van der Waals surface area contributed by atoms with Crippen molar-refractivity contribution in [1.82, 2.24) is 20.4 Å². The highest BCUT2D eigenvalue weighted by atomic mass is 127. The second kappa shape index (κ2) is 14.1. The lowest BCUT2D eigenvalue weighted by Gasteiger charge is -2.34. The van der Waals surface area contributed by atoms with Crippen molar-refractivity contribution < 1.29 is 9.15 Å². The predicted molar refractivity (Wildman–Crippen MR) is 139 cm³/mol. The number of ether oxygens (including phenoxy) is 1. The van der Waals surface area contributed by atoms with Crippen molar-refractivity contribution in [3.8, 4) is 0 Å². The Balaban J connectivity index is 0.00000341. The highest BCUT2D eigenvalue weighted by molar-refractivity contribution is 14.0. The van der Waals surface area contributed by atoms with Crippen molar-refractivity contribution in [1.29, 1.82) is 0 Å². The number of thiophene rings is 1. The highest BCUT2D eigenvalue weighted by Gasteiger charge is 2.24. The third kappa shape index (κ3) is 7.45. The summed E-state index contributed by atoms with van der Waals surface area (Å²) in [7, 11) is 1.82. The average Bonchev–Trinajstić information content (AvgIpc) is 3.50. The summed E-state index contributed by atoms with van der Waals surface area (Å²) in [4.78, 5) is 10.7. The molecule has 1 aliphatic rings. The zero-order valence-electron chi connectivity index (χ0n) is 18.8. The van der Waals surface area contributed by atoms with Crippen LogP contribution < -0.4 is 10.6 Å². The summed E-state index contributed by atoms with van der Waals surface area (Å²) in [5.74, 6) is 1.79. The number of hydrogen-bond acceptors (Lipinski definition) is 6. The first kappa shape index (κ1) is 26.1. The molecule has 2 atom stereocenters. The van der Waals surface area contributed by atoms with Gasteiger partial charge in [0.05, 0.1) is 31.6 Å². The molecule has 9 heteroatoms. The van der Waals surface area contributed by atoms with Gasteiger partial charge in [-0.05, 0) is 36.7 Å². The number of aliphatic imine (C=N–C) groups is 1. The molecule has 1 saturated heterocycles. The van der Waals surface area contributed by atoms with Crippen LogP contribution >= 0.6 is 35.3 Å². The first-order chi connectivity index (χ1) is 14.8. The summed E-state index contributed by atoms with van der Waals surface area (Å²) in [5, 5.41) is 9.20. The van der Waals surface area contributed by atoms with E-state index in [4.69, 9.17) is 9.15 Å². The highest BCUT2D eigenvalue weighted by Crippen LogP contribution is 2.25. The van der Waals surface area contributed by atoms with Crippen LogP contribution in [-0.2, 0) is 4.74 Å². The largest absolute Gasteiger partial charge is 0.468 e. The lowest BCUT2D eigenvalue weighted by Crippen LogP contribution is -2.47. The normalized spacial score (nSPS) is 17.2. The number of furan rings is 1. The summed E-state index contributed by atoms with van der Waals surface area (Å²) in [5.41, 5.74) is 0. The number of rotatable bonds is 10. The number of morpholine rings is 1. The molecule has 1 aliphatic heterocycles. The second-order valence-electron chi connectivity index (χ2n) is 7.27. The number of nitrogens with zero attached hydrogens (tertiary/aromatic N) is 3. The van der Waals surface area contributed by atoms with Crippen LogP contribution in [0.25, 0.3) is 0 Å². The van der Waals surface area contributed by atoms with E-state index in [1.807, 2.05) is 30.5 Å². The van der Waals surface area contributed by atoms with E-state index in [-0.39, 0.29) is 30.0 Å². The summed E-state index contributed by atoms with van der Waals surface area (Å²) >= 11 is 1.81. The van der Waals surface area contributed by atoms with Crippen LogP contribution in [0.5, 0.6) is 0 Å². The van der Waals surface area contributed by atoms with Crippen molar-refractivity contribution in [2.45, 2.75) is 25.9 Å². The van der Waals surface area contributed by atoms with Crippen LogP contribution in [0.1, 0.15) is 36.6 Å². The Hall–Kier alpha value is -1.14. The zero-order chi connectivity index (χ0) is 21.2. The van der Waals surface area contributed by atoms with Crippen molar-refractivity contribution in [3.05, 3.63) is 46.5 Å². The number of nitrogens with one attached hydrogen (secondary N) is 2. The van der Waals surface area contributed by atoms with Gasteiger partial charge >= 0.3 is 0 Å². The molecule has 2 N–H and O–H groups in total. The Morgan fingerprint density at radius 3 is 2.48 bits per heavy atom. The van der Waals surface area contributed by atoms with Gasteiger partial charge in [0, 0.05) is 38.1 Å². The maximum absolute atomic E-state index is 5.71. The monoisotopic (exact) mass is 561 g/mol. The van der Waals surface area contributed by atoms with Crippen LogP contribution in [0, 0.1) is 0 Å². The number of likely N-dealkylation sites (N-methyl/N-ethyl adjacent to an activating group) is 1. The Morgan fingerprint density at radius 1 is 1.16 bits per heavy atom. The quantitative estimate of drug-likeness (QED) is 0.263. The first-order valence-corrected chi connectivity index (χ1v) is 11.7.